The Morgan fingerprint density at radius 2 is 1.38 bits per heavy atom. The molecule has 0 amide bonds. The maximum Gasteiger partial charge on any atom is 0.634 e. The van der Waals surface area contributed by atoms with E-state index in [1.165, 1.54) is 0 Å². The van der Waals surface area contributed by atoms with Gasteiger partial charge in [-0.1, -0.05) is 0 Å². The van der Waals surface area contributed by atoms with Gasteiger partial charge in [-0.15, -0.1) is 0 Å². The second-order valence-corrected chi connectivity index (χ2v) is 2.88. The van der Waals surface area contributed by atoms with Gasteiger partial charge in [-0.3, -0.25) is 9.59 Å². The third-order valence-corrected chi connectivity index (χ3v) is 1.59. The van der Waals surface area contributed by atoms with Gasteiger partial charge in [-0.05, 0) is 0 Å². The molecule has 0 saturated carbocycles. The Morgan fingerprint density at radius 3 is 1.56 bits per heavy atom. The van der Waals surface area contributed by atoms with Crippen molar-refractivity contribution in [2.75, 3.05) is 0 Å². The number of rotatable bonds is 7. The molecule has 0 bridgehead atoms. The third-order valence-electron chi connectivity index (χ3n) is 1.59. The van der Waals surface area contributed by atoms with Crippen molar-refractivity contribution >= 4 is 25.2 Å². The van der Waals surface area contributed by atoms with E-state index < -0.39 is 43.7 Å². The van der Waals surface area contributed by atoms with Crippen molar-refractivity contribution < 1.29 is 44.4 Å². The molecular formula is C6H9BO9. The van der Waals surface area contributed by atoms with Gasteiger partial charge in [-0.25, -0.2) is 4.79 Å². The Morgan fingerprint density at radius 1 is 1.00 bits per heavy atom. The van der Waals surface area contributed by atoms with Crippen molar-refractivity contribution in [1.29, 1.82) is 0 Å². The van der Waals surface area contributed by atoms with Crippen LogP contribution in [0.3, 0.4) is 0 Å². The second kappa shape index (κ2) is 5.44. The largest absolute Gasteiger partial charge is 0.634 e. The second-order valence-electron chi connectivity index (χ2n) is 2.88. The molecule has 10 heteroatoms. The van der Waals surface area contributed by atoms with Crippen molar-refractivity contribution in [1.82, 2.24) is 0 Å². The van der Waals surface area contributed by atoms with Gasteiger partial charge < -0.3 is 30.0 Å². The Bertz CT molecular complexity index is 282. The van der Waals surface area contributed by atoms with Crippen LogP contribution in [0.1, 0.15) is 12.8 Å². The number of aliphatic carboxylic acids is 3. The van der Waals surface area contributed by atoms with Crippen LogP contribution in [0.4, 0.5) is 0 Å². The van der Waals surface area contributed by atoms with Crippen molar-refractivity contribution in [2.45, 2.75) is 18.4 Å². The van der Waals surface area contributed by atoms with Gasteiger partial charge >= 0.3 is 25.2 Å². The molecule has 0 radical (unpaired) electrons. The first-order valence-corrected chi connectivity index (χ1v) is 3.90. The summed E-state index contributed by atoms with van der Waals surface area (Å²) in [5.74, 6) is -5.21. The van der Waals surface area contributed by atoms with E-state index in [1.54, 1.807) is 0 Å². The summed E-state index contributed by atoms with van der Waals surface area (Å²) >= 11 is 0. The predicted octanol–water partition coefficient (Wildman–Crippen LogP) is -2.25. The number of carboxylic acid groups (broad SMARTS) is 3. The maximum absolute atomic E-state index is 10.8. The van der Waals surface area contributed by atoms with E-state index in [0.717, 1.165) is 0 Å². The molecule has 16 heavy (non-hydrogen) atoms. The van der Waals surface area contributed by atoms with Gasteiger partial charge in [0.05, 0.1) is 12.8 Å². The summed E-state index contributed by atoms with van der Waals surface area (Å²) in [4.78, 5) is 31.5. The number of hydrogen-bond donors (Lipinski definition) is 5. The molecule has 0 rings (SSSR count). The molecule has 90 valence electrons. The Hall–Kier alpha value is -1.65. The first-order valence-electron chi connectivity index (χ1n) is 3.90. The number of carboxylic acids is 3. The van der Waals surface area contributed by atoms with Crippen LogP contribution in [-0.4, -0.2) is 56.2 Å². The van der Waals surface area contributed by atoms with E-state index in [1.807, 2.05) is 0 Å². The summed E-state index contributed by atoms with van der Waals surface area (Å²) in [5, 5.41) is 42.4. The van der Waals surface area contributed by atoms with E-state index >= 15 is 0 Å². The molecule has 0 spiro atoms. The highest BCUT2D eigenvalue weighted by molar-refractivity contribution is 6.33. The fraction of sp³-hybridized carbons (Fsp3) is 0.500. The lowest BCUT2D eigenvalue weighted by Gasteiger charge is -2.26. The van der Waals surface area contributed by atoms with Crippen molar-refractivity contribution in [3.8, 4) is 0 Å². The first-order chi connectivity index (χ1) is 7.19. The topological polar surface area (TPSA) is 162 Å². The molecule has 0 aromatic rings. The minimum atomic E-state index is -2.72. The number of hydrogen-bond acceptors (Lipinski definition) is 6. The number of carbonyl (C=O) groups is 3. The molecule has 0 aromatic carbocycles. The van der Waals surface area contributed by atoms with E-state index in [4.69, 9.17) is 25.4 Å². The van der Waals surface area contributed by atoms with Crippen LogP contribution in [0.5, 0.6) is 0 Å². The average Bonchev–Trinajstić information content (AvgIpc) is 1.98. The quantitative estimate of drug-likeness (QED) is 0.307. The zero-order chi connectivity index (χ0) is 12.9. The first kappa shape index (κ1) is 14.4. The van der Waals surface area contributed by atoms with Gasteiger partial charge in [0.1, 0.15) is 0 Å². The standard InChI is InChI=1S/C6H9BO9/c8-3(9)1-6(5(12)13,2-4(10)11)16-7(14)15/h14-15H,1-2H2,(H,8,9)(H,10,11)(H,12,13). The van der Waals surface area contributed by atoms with Gasteiger partial charge in [0.25, 0.3) is 0 Å². The normalized spacial score (nSPS) is 10.9. The summed E-state index contributed by atoms with van der Waals surface area (Å²) in [6.07, 6.45) is -2.43. The van der Waals surface area contributed by atoms with Crippen molar-refractivity contribution in [2.24, 2.45) is 0 Å². The predicted molar refractivity (Wildman–Crippen MR) is 46.1 cm³/mol. The lowest BCUT2D eigenvalue weighted by atomic mass is 9.93. The smallest absolute Gasteiger partial charge is 0.481 e. The Labute approximate surface area is 89.1 Å². The van der Waals surface area contributed by atoms with E-state index in [2.05, 4.69) is 4.65 Å². The molecule has 0 aliphatic heterocycles. The van der Waals surface area contributed by atoms with Crippen LogP contribution in [-0.2, 0) is 19.0 Å². The van der Waals surface area contributed by atoms with Crippen LogP contribution in [0.15, 0.2) is 0 Å². The molecule has 0 aliphatic carbocycles. The summed E-state index contributed by atoms with van der Waals surface area (Å²) < 4.78 is 4.07. The Balaban J connectivity index is 5.11. The average molecular weight is 236 g/mol. The highest BCUT2D eigenvalue weighted by Gasteiger charge is 2.46. The molecule has 0 atom stereocenters. The van der Waals surface area contributed by atoms with Crippen LogP contribution >= 0.6 is 0 Å². The van der Waals surface area contributed by atoms with Gasteiger partial charge in [0, 0.05) is 0 Å². The minimum Gasteiger partial charge on any atom is -0.481 e. The molecule has 5 N–H and O–H groups in total. The van der Waals surface area contributed by atoms with E-state index in [9.17, 15) is 14.4 Å². The fourth-order valence-corrected chi connectivity index (χ4v) is 1.04. The SMILES string of the molecule is O=C(O)CC(CC(=O)O)(OB(O)O)C(=O)O. The molecule has 0 unspecified atom stereocenters. The molecule has 0 heterocycles. The minimum absolute atomic E-state index is 1.22. The third kappa shape index (κ3) is 4.25. The van der Waals surface area contributed by atoms with Crippen LogP contribution < -0.4 is 0 Å². The van der Waals surface area contributed by atoms with Crippen LogP contribution in [0.2, 0.25) is 0 Å². The highest BCUT2D eigenvalue weighted by Crippen LogP contribution is 2.22. The highest BCUT2D eigenvalue weighted by atomic mass is 16.6. The zero-order valence-electron chi connectivity index (χ0n) is 7.86. The monoisotopic (exact) mass is 236 g/mol. The maximum atomic E-state index is 10.8. The molecule has 0 saturated heterocycles. The van der Waals surface area contributed by atoms with Gasteiger partial charge in [-0.2, -0.15) is 0 Å². The molecule has 0 aromatic heterocycles. The van der Waals surface area contributed by atoms with Gasteiger partial charge in [0.2, 0.25) is 0 Å². The lowest BCUT2D eigenvalue weighted by Crippen LogP contribution is -2.49. The molecular weight excluding hydrogens is 227 g/mol. The zero-order valence-corrected chi connectivity index (χ0v) is 7.86. The molecule has 0 fully saturated rings. The summed E-state index contributed by atoms with van der Waals surface area (Å²) in [5.41, 5.74) is -2.72. The van der Waals surface area contributed by atoms with E-state index in [0.29, 0.717) is 0 Å². The summed E-state index contributed by atoms with van der Waals surface area (Å²) in [7, 11) is -2.59. The molecule has 0 aliphatic rings. The van der Waals surface area contributed by atoms with Crippen LogP contribution in [0.25, 0.3) is 0 Å². The lowest BCUT2D eigenvalue weighted by molar-refractivity contribution is -0.170. The molecule has 9 nitrogen and oxygen atoms in total. The summed E-state index contributed by atoms with van der Waals surface area (Å²) in [6.45, 7) is 0. The summed E-state index contributed by atoms with van der Waals surface area (Å²) in [6, 6.07) is 0. The van der Waals surface area contributed by atoms with Crippen LogP contribution in [0, 0.1) is 0 Å². The van der Waals surface area contributed by atoms with Crippen molar-refractivity contribution in [3.63, 3.8) is 0 Å². The van der Waals surface area contributed by atoms with Crippen molar-refractivity contribution in [3.05, 3.63) is 0 Å². The fourth-order valence-electron chi connectivity index (χ4n) is 1.04. The van der Waals surface area contributed by atoms with E-state index in [-0.39, 0.29) is 0 Å². The van der Waals surface area contributed by atoms with Gasteiger partial charge in [0.15, 0.2) is 5.60 Å². The Kier molecular flexibility index (Phi) is 4.88.